The molecule has 0 heterocycles. The molecule has 2 saturated carbocycles. The molecular weight excluding hydrogens is 376 g/mol. The van der Waals surface area contributed by atoms with Crippen molar-refractivity contribution in [2.24, 2.45) is 17.8 Å². The third-order valence-electron chi connectivity index (χ3n) is 7.42. The van der Waals surface area contributed by atoms with Crippen LogP contribution in [0.25, 0.3) is 0 Å². The summed E-state index contributed by atoms with van der Waals surface area (Å²) in [5.41, 5.74) is 1.48. The maximum atomic E-state index is 5.86. The van der Waals surface area contributed by atoms with E-state index in [0.717, 1.165) is 30.6 Å². The summed E-state index contributed by atoms with van der Waals surface area (Å²) in [5.74, 6) is 11.0. The molecule has 31 heavy (non-hydrogen) atoms. The van der Waals surface area contributed by atoms with Crippen LogP contribution in [0.2, 0.25) is 0 Å². The van der Waals surface area contributed by atoms with E-state index in [9.17, 15) is 0 Å². The van der Waals surface area contributed by atoms with Crippen molar-refractivity contribution in [2.75, 3.05) is 6.61 Å². The molecule has 1 heteroatoms. The first-order valence-corrected chi connectivity index (χ1v) is 13.2. The molecule has 0 amide bonds. The molecule has 170 valence electrons. The SMILES string of the molecule is CCCCCOc1ccc([C@H]2CC[C@H](C#CC=C[C@H]3CC[C@H](CCC)CC3)CC2)cc1. The number of rotatable bonds is 9. The molecule has 0 aromatic heterocycles. The minimum absolute atomic E-state index is 0.586. The van der Waals surface area contributed by atoms with Crippen LogP contribution in [0.3, 0.4) is 0 Å². The Kier molecular flexibility index (Phi) is 10.6. The van der Waals surface area contributed by atoms with Crippen LogP contribution in [0.4, 0.5) is 0 Å². The summed E-state index contributed by atoms with van der Waals surface area (Å²) < 4.78 is 5.86. The van der Waals surface area contributed by atoms with E-state index in [2.05, 4.69) is 62.1 Å². The number of hydrogen-bond acceptors (Lipinski definition) is 1. The molecule has 0 spiro atoms. The third kappa shape index (κ3) is 8.40. The molecule has 0 saturated heterocycles. The molecular formula is C30H44O. The molecule has 0 atom stereocenters. The highest BCUT2D eigenvalue weighted by Gasteiger charge is 2.21. The van der Waals surface area contributed by atoms with Gasteiger partial charge in [0.1, 0.15) is 5.75 Å². The maximum Gasteiger partial charge on any atom is 0.119 e. The number of ether oxygens (including phenoxy) is 1. The predicted octanol–water partition coefficient (Wildman–Crippen LogP) is 8.70. The van der Waals surface area contributed by atoms with Crippen molar-refractivity contribution in [3.8, 4) is 17.6 Å². The predicted molar refractivity (Wildman–Crippen MR) is 133 cm³/mol. The molecule has 3 rings (SSSR count). The number of unbranched alkanes of at least 4 members (excludes halogenated alkanes) is 2. The van der Waals surface area contributed by atoms with Gasteiger partial charge in [0, 0.05) is 5.92 Å². The lowest BCUT2D eigenvalue weighted by molar-refractivity contribution is 0.294. The Morgan fingerprint density at radius 3 is 2.29 bits per heavy atom. The Hall–Kier alpha value is -1.68. The van der Waals surface area contributed by atoms with Gasteiger partial charge in [0.2, 0.25) is 0 Å². The van der Waals surface area contributed by atoms with Gasteiger partial charge in [0.15, 0.2) is 0 Å². The number of allylic oxidation sites excluding steroid dienone is 2. The molecule has 0 aliphatic heterocycles. The van der Waals surface area contributed by atoms with Gasteiger partial charge in [-0.05, 0) is 99.3 Å². The van der Waals surface area contributed by atoms with E-state index < -0.39 is 0 Å². The van der Waals surface area contributed by atoms with Gasteiger partial charge in [-0.2, -0.15) is 0 Å². The van der Waals surface area contributed by atoms with Crippen LogP contribution in [-0.4, -0.2) is 6.61 Å². The van der Waals surface area contributed by atoms with Crippen LogP contribution >= 0.6 is 0 Å². The fraction of sp³-hybridized carbons (Fsp3) is 0.667. The van der Waals surface area contributed by atoms with Crippen molar-refractivity contribution < 1.29 is 4.74 Å². The monoisotopic (exact) mass is 420 g/mol. The summed E-state index contributed by atoms with van der Waals surface area (Å²) in [6, 6.07) is 8.88. The zero-order valence-corrected chi connectivity index (χ0v) is 20.1. The van der Waals surface area contributed by atoms with E-state index in [0.29, 0.717) is 11.8 Å². The quantitative estimate of drug-likeness (QED) is 0.287. The van der Waals surface area contributed by atoms with Gasteiger partial charge >= 0.3 is 0 Å². The van der Waals surface area contributed by atoms with Crippen molar-refractivity contribution >= 4 is 0 Å². The second-order valence-electron chi connectivity index (χ2n) is 9.89. The smallest absolute Gasteiger partial charge is 0.119 e. The molecule has 0 bridgehead atoms. The number of hydrogen-bond donors (Lipinski definition) is 0. The summed E-state index contributed by atoms with van der Waals surface area (Å²) in [6.45, 7) is 5.38. The second kappa shape index (κ2) is 13.7. The Morgan fingerprint density at radius 1 is 0.871 bits per heavy atom. The summed E-state index contributed by atoms with van der Waals surface area (Å²) in [4.78, 5) is 0. The van der Waals surface area contributed by atoms with Crippen molar-refractivity contribution in [1.29, 1.82) is 0 Å². The van der Waals surface area contributed by atoms with Gasteiger partial charge in [0.25, 0.3) is 0 Å². The molecule has 0 N–H and O–H groups in total. The summed E-state index contributed by atoms with van der Waals surface area (Å²) in [7, 11) is 0. The van der Waals surface area contributed by atoms with E-state index in [1.807, 2.05) is 0 Å². The van der Waals surface area contributed by atoms with Crippen molar-refractivity contribution in [3.05, 3.63) is 42.0 Å². The Balaban J connectivity index is 1.35. The largest absolute Gasteiger partial charge is 0.494 e. The molecule has 2 aliphatic rings. The van der Waals surface area contributed by atoms with Crippen LogP contribution in [0.1, 0.15) is 109 Å². The highest BCUT2D eigenvalue weighted by atomic mass is 16.5. The fourth-order valence-corrected chi connectivity index (χ4v) is 5.38. The molecule has 1 aromatic rings. The lowest BCUT2D eigenvalue weighted by Crippen LogP contribution is -2.12. The maximum absolute atomic E-state index is 5.86. The van der Waals surface area contributed by atoms with Crippen molar-refractivity contribution in [1.82, 2.24) is 0 Å². The van der Waals surface area contributed by atoms with Gasteiger partial charge in [-0.15, -0.1) is 0 Å². The average Bonchev–Trinajstić information content (AvgIpc) is 2.82. The molecule has 1 aromatic carbocycles. The molecule has 2 fully saturated rings. The van der Waals surface area contributed by atoms with Crippen LogP contribution in [0, 0.1) is 29.6 Å². The molecule has 0 radical (unpaired) electrons. The van der Waals surface area contributed by atoms with E-state index in [1.165, 1.54) is 82.6 Å². The molecule has 0 unspecified atom stereocenters. The average molecular weight is 421 g/mol. The zero-order chi connectivity index (χ0) is 21.7. The van der Waals surface area contributed by atoms with E-state index >= 15 is 0 Å². The van der Waals surface area contributed by atoms with E-state index in [1.54, 1.807) is 0 Å². The van der Waals surface area contributed by atoms with Gasteiger partial charge in [-0.25, -0.2) is 0 Å². The fourth-order valence-electron chi connectivity index (χ4n) is 5.38. The summed E-state index contributed by atoms with van der Waals surface area (Å²) in [6.07, 6.45) is 21.6. The lowest BCUT2D eigenvalue weighted by atomic mass is 9.79. The van der Waals surface area contributed by atoms with Gasteiger partial charge < -0.3 is 4.74 Å². The minimum atomic E-state index is 0.586. The summed E-state index contributed by atoms with van der Waals surface area (Å²) in [5, 5.41) is 0. The van der Waals surface area contributed by atoms with Gasteiger partial charge in [-0.1, -0.05) is 69.6 Å². The van der Waals surface area contributed by atoms with E-state index in [-0.39, 0.29) is 0 Å². The van der Waals surface area contributed by atoms with Crippen molar-refractivity contribution in [2.45, 2.75) is 103 Å². The Labute approximate surface area is 192 Å². The number of benzene rings is 1. The van der Waals surface area contributed by atoms with Crippen LogP contribution in [0.15, 0.2) is 36.4 Å². The summed E-state index contributed by atoms with van der Waals surface area (Å²) >= 11 is 0. The highest BCUT2D eigenvalue weighted by Crippen LogP contribution is 2.36. The van der Waals surface area contributed by atoms with Crippen LogP contribution < -0.4 is 4.74 Å². The zero-order valence-electron chi connectivity index (χ0n) is 20.1. The van der Waals surface area contributed by atoms with Crippen LogP contribution in [0.5, 0.6) is 5.75 Å². The van der Waals surface area contributed by atoms with Gasteiger partial charge in [0.05, 0.1) is 6.61 Å². The minimum Gasteiger partial charge on any atom is -0.494 e. The highest BCUT2D eigenvalue weighted by molar-refractivity contribution is 5.30. The van der Waals surface area contributed by atoms with Crippen molar-refractivity contribution in [3.63, 3.8) is 0 Å². The normalized spacial score (nSPS) is 26.4. The first kappa shape index (κ1) is 24.0. The van der Waals surface area contributed by atoms with E-state index in [4.69, 9.17) is 4.74 Å². The third-order valence-corrected chi connectivity index (χ3v) is 7.42. The van der Waals surface area contributed by atoms with Crippen LogP contribution in [-0.2, 0) is 0 Å². The van der Waals surface area contributed by atoms with Gasteiger partial charge in [-0.3, -0.25) is 0 Å². The Bertz CT molecular complexity index is 688. The first-order valence-electron chi connectivity index (χ1n) is 13.2. The first-order chi connectivity index (χ1) is 15.3. The second-order valence-corrected chi connectivity index (χ2v) is 9.89. The molecule has 2 aliphatic carbocycles. The topological polar surface area (TPSA) is 9.23 Å². The Morgan fingerprint density at radius 2 is 1.61 bits per heavy atom. The standard InChI is InChI=1S/C30H44O/c1-3-5-8-24-31-30-22-20-29(21-23-30)28-18-16-27(17-19-28)11-7-6-10-26-14-12-25(9-4-2)13-15-26/h6,10,20-23,25-28H,3-5,8-9,12-19,24H2,1-2H3/t25-,26-,27-,28-. The molecule has 1 nitrogen and oxygen atoms in total. The lowest BCUT2D eigenvalue weighted by Gasteiger charge is -2.26.